The summed E-state index contributed by atoms with van der Waals surface area (Å²) < 4.78 is 0.614. The third-order valence-corrected chi connectivity index (χ3v) is 5.42. The van der Waals surface area contributed by atoms with E-state index in [0.29, 0.717) is 14.5 Å². The fourth-order valence-corrected chi connectivity index (χ4v) is 3.80. The lowest BCUT2D eigenvalue weighted by atomic mass is 10.1. The quantitative estimate of drug-likeness (QED) is 0.513. The number of hydrogen-bond acceptors (Lipinski definition) is 9. The van der Waals surface area contributed by atoms with E-state index >= 15 is 0 Å². The van der Waals surface area contributed by atoms with E-state index in [-0.39, 0.29) is 11.4 Å². The van der Waals surface area contributed by atoms with E-state index in [2.05, 4.69) is 20.5 Å². The molecule has 10 heteroatoms. The second-order valence-corrected chi connectivity index (χ2v) is 7.48. The molecule has 2 aromatic heterocycles. The second kappa shape index (κ2) is 7.47. The lowest BCUT2D eigenvalue weighted by Gasteiger charge is -2.08. The third-order valence-electron chi connectivity index (χ3n) is 3.60. The molecule has 3 rings (SSSR count). The van der Waals surface area contributed by atoms with Gasteiger partial charge in [0.05, 0.1) is 4.92 Å². The largest absolute Gasteiger partial charge is 0.330 e. The zero-order valence-electron chi connectivity index (χ0n) is 13.8. The summed E-state index contributed by atoms with van der Waals surface area (Å²) in [5.41, 5.74) is 2.73. The molecule has 1 aromatic carbocycles. The summed E-state index contributed by atoms with van der Waals surface area (Å²) in [6, 6.07) is 10.5. The number of aromatic nitrogens is 3. The van der Waals surface area contributed by atoms with Crippen molar-refractivity contribution in [2.24, 2.45) is 0 Å². The van der Waals surface area contributed by atoms with Crippen LogP contribution in [0.1, 0.15) is 16.8 Å². The Bertz CT molecular complexity index is 1030. The van der Waals surface area contributed by atoms with E-state index in [9.17, 15) is 10.1 Å². The minimum absolute atomic E-state index is 0.224. The molecule has 0 radical (unpaired) electrons. The van der Waals surface area contributed by atoms with Crippen LogP contribution in [-0.4, -0.2) is 20.1 Å². The molecule has 0 aliphatic carbocycles. The number of nitro groups is 1. The summed E-state index contributed by atoms with van der Waals surface area (Å²) in [4.78, 5) is 14.2. The number of benzene rings is 1. The van der Waals surface area contributed by atoms with Crippen LogP contribution in [0.25, 0.3) is 0 Å². The maximum Gasteiger partial charge on any atom is 0.305 e. The van der Waals surface area contributed by atoms with Crippen molar-refractivity contribution in [1.29, 1.82) is 5.26 Å². The summed E-state index contributed by atoms with van der Waals surface area (Å²) in [7, 11) is 0. The molecule has 3 aromatic rings. The minimum atomic E-state index is -0.628. The normalized spacial score (nSPS) is 10.3. The standard InChI is InChI=1S/C16H12N6O2S2/c1-9-4-3-5-11(10(9)2)19-15-20-21-16(26-15)25-14-7-6-13(22(23)24)12(8-17)18-14/h3-7H,1-2H3,(H,19,20). The van der Waals surface area contributed by atoms with Crippen LogP contribution in [-0.2, 0) is 0 Å². The van der Waals surface area contributed by atoms with Crippen LogP contribution in [0.3, 0.4) is 0 Å². The molecular weight excluding hydrogens is 372 g/mol. The van der Waals surface area contributed by atoms with Gasteiger partial charge in [0.2, 0.25) is 10.8 Å². The van der Waals surface area contributed by atoms with Crippen molar-refractivity contribution in [3.05, 3.63) is 57.3 Å². The first-order chi connectivity index (χ1) is 12.5. The highest BCUT2D eigenvalue weighted by molar-refractivity contribution is 8.01. The Hall–Kier alpha value is -3.03. The zero-order chi connectivity index (χ0) is 18.7. The Balaban J connectivity index is 1.78. The molecule has 0 spiro atoms. The number of nitrogens with zero attached hydrogens (tertiary/aromatic N) is 5. The minimum Gasteiger partial charge on any atom is -0.330 e. The van der Waals surface area contributed by atoms with Gasteiger partial charge in [0.25, 0.3) is 0 Å². The molecule has 0 aliphatic heterocycles. The van der Waals surface area contributed by atoms with Crippen LogP contribution >= 0.6 is 23.1 Å². The molecule has 26 heavy (non-hydrogen) atoms. The van der Waals surface area contributed by atoms with Gasteiger partial charge in [-0.05, 0) is 48.9 Å². The topological polar surface area (TPSA) is 118 Å². The Kier molecular flexibility index (Phi) is 5.11. The molecule has 0 unspecified atom stereocenters. The molecule has 0 bridgehead atoms. The van der Waals surface area contributed by atoms with E-state index in [0.717, 1.165) is 11.3 Å². The van der Waals surface area contributed by atoms with Crippen LogP contribution in [0, 0.1) is 35.3 Å². The fraction of sp³-hybridized carbons (Fsp3) is 0.125. The predicted molar refractivity (Wildman–Crippen MR) is 98.8 cm³/mol. The van der Waals surface area contributed by atoms with Crippen molar-refractivity contribution < 1.29 is 4.92 Å². The van der Waals surface area contributed by atoms with Gasteiger partial charge in [-0.2, -0.15) is 5.26 Å². The molecule has 0 amide bonds. The number of hydrogen-bond donors (Lipinski definition) is 1. The van der Waals surface area contributed by atoms with Gasteiger partial charge in [-0.1, -0.05) is 23.5 Å². The first kappa shape index (κ1) is 17.8. The highest BCUT2D eigenvalue weighted by atomic mass is 32.2. The van der Waals surface area contributed by atoms with E-state index in [1.165, 1.54) is 40.8 Å². The zero-order valence-corrected chi connectivity index (χ0v) is 15.4. The van der Waals surface area contributed by atoms with Gasteiger partial charge in [-0.3, -0.25) is 10.1 Å². The molecule has 0 fully saturated rings. The van der Waals surface area contributed by atoms with Gasteiger partial charge in [0, 0.05) is 11.8 Å². The van der Waals surface area contributed by atoms with Crippen LogP contribution in [0.5, 0.6) is 0 Å². The van der Waals surface area contributed by atoms with Crippen molar-refractivity contribution in [3.8, 4) is 6.07 Å². The van der Waals surface area contributed by atoms with Gasteiger partial charge < -0.3 is 5.32 Å². The lowest BCUT2D eigenvalue weighted by Crippen LogP contribution is -1.95. The maximum absolute atomic E-state index is 10.9. The summed E-state index contributed by atoms with van der Waals surface area (Å²) >= 11 is 2.53. The molecule has 130 valence electrons. The molecule has 0 saturated heterocycles. The van der Waals surface area contributed by atoms with Gasteiger partial charge in [-0.15, -0.1) is 10.2 Å². The number of aryl methyl sites for hydroxylation is 1. The fourth-order valence-electron chi connectivity index (χ4n) is 2.11. The molecular formula is C16H12N6O2S2. The van der Waals surface area contributed by atoms with Crippen molar-refractivity contribution >= 4 is 39.6 Å². The number of pyridine rings is 1. The van der Waals surface area contributed by atoms with E-state index in [1.807, 2.05) is 32.0 Å². The number of rotatable bonds is 5. The van der Waals surface area contributed by atoms with E-state index in [4.69, 9.17) is 5.26 Å². The number of anilines is 2. The summed E-state index contributed by atoms with van der Waals surface area (Å²) in [5, 5.41) is 32.4. The highest BCUT2D eigenvalue weighted by Gasteiger charge is 2.17. The third kappa shape index (κ3) is 3.79. The van der Waals surface area contributed by atoms with Crippen molar-refractivity contribution in [2.75, 3.05) is 5.32 Å². The average molecular weight is 384 g/mol. The number of nitriles is 1. The maximum atomic E-state index is 10.9. The van der Waals surface area contributed by atoms with Gasteiger partial charge in [0.1, 0.15) is 11.1 Å². The number of nitrogens with one attached hydrogen (secondary N) is 1. The van der Waals surface area contributed by atoms with Crippen LogP contribution in [0.4, 0.5) is 16.5 Å². The molecule has 0 atom stereocenters. The Morgan fingerprint density at radius 1 is 1.27 bits per heavy atom. The summed E-state index contributed by atoms with van der Waals surface area (Å²) in [5.74, 6) is 0. The van der Waals surface area contributed by atoms with E-state index in [1.54, 1.807) is 6.07 Å². The average Bonchev–Trinajstić information content (AvgIpc) is 3.05. The Labute approximate surface area is 157 Å². The highest BCUT2D eigenvalue weighted by Crippen LogP contribution is 2.33. The molecule has 1 N–H and O–H groups in total. The summed E-state index contributed by atoms with van der Waals surface area (Å²) in [6.45, 7) is 4.06. The molecule has 2 heterocycles. The summed E-state index contributed by atoms with van der Waals surface area (Å²) in [6.07, 6.45) is 0. The first-order valence-electron chi connectivity index (χ1n) is 7.38. The SMILES string of the molecule is Cc1cccc(Nc2nnc(Sc3ccc([N+](=O)[O-])c(C#N)n3)s2)c1C. The van der Waals surface area contributed by atoms with Crippen LogP contribution < -0.4 is 5.32 Å². The van der Waals surface area contributed by atoms with E-state index < -0.39 is 4.92 Å². The second-order valence-electron chi connectivity index (χ2n) is 5.23. The monoisotopic (exact) mass is 384 g/mol. The van der Waals surface area contributed by atoms with Gasteiger partial charge >= 0.3 is 5.69 Å². The Morgan fingerprint density at radius 2 is 2.08 bits per heavy atom. The van der Waals surface area contributed by atoms with Crippen LogP contribution in [0.15, 0.2) is 39.7 Å². The Morgan fingerprint density at radius 3 is 2.81 bits per heavy atom. The smallest absolute Gasteiger partial charge is 0.305 e. The first-order valence-corrected chi connectivity index (χ1v) is 9.01. The molecule has 8 nitrogen and oxygen atoms in total. The van der Waals surface area contributed by atoms with Crippen LogP contribution in [0.2, 0.25) is 0 Å². The van der Waals surface area contributed by atoms with Crippen molar-refractivity contribution in [2.45, 2.75) is 23.2 Å². The van der Waals surface area contributed by atoms with Crippen molar-refractivity contribution in [3.63, 3.8) is 0 Å². The molecule has 0 aliphatic rings. The lowest BCUT2D eigenvalue weighted by molar-refractivity contribution is -0.385. The van der Waals surface area contributed by atoms with Crippen molar-refractivity contribution in [1.82, 2.24) is 15.2 Å². The predicted octanol–water partition coefficient (Wildman–Crippen LogP) is 4.22. The molecule has 0 saturated carbocycles. The van der Waals surface area contributed by atoms with Gasteiger partial charge in [0.15, 0.2) is 4.34 Å². The van der Waals surface area contributed by atoms with Gasteiger partial charge in [-0.25, -0.2) is 4.98 Å².